The van der Waals surface area contributed by atoms with Crippen molar-refractivity contribution >= 4 is 11.8 Å². The van der Waals surface area contributed by atoms with Crippen LogP contribution in [0.1, 0.15) is 81.8 Å². The molecule has 2 aromatic rings. The monoisotopic (exact) mass is 470 g/mol. The first kappa shape index (κ1) is 22.8. The van der Waals surface area contributed by atoms with Gasteiger partial charge in [-0.15, -0.1) is 0 Å². The van der Waals surface area contributed by atoms with Gasteiger partial charge in [0.25, 0.3) is 0 Å². The molecule has 4 heteroatoms. The minimum absolute atomic E-state index is 0.144. The maximum atomic E-state index is 6.76. The highest BCUT2D eigenvalue weighted by Crippen LogP contribution is 2.44. The van der Waals surface area contributed by atoms with Crippen LogP contribution >= 0.6 is 0 Å². The SMILES string of the molecule is c1ccc(C[C@@H]2N=C(CC3=N[C@@H](Cc4ccccc4)C4(CCCCC4)O3)OC23CCCCC3)cc1. The predicted molar refractivity (Wildman–Crippen MR) is 141 cm³/mol. The number of hydrogen-bond acceptors (Lipinski definition) is 4. The maximum Gasteiger partial charge on any atom is 0.193 e. The second kappa shape index (κ2) is 9.79. The van der Waals surface area contributed by atoms with E-state index in [0.29, 0.717) is 6.42 Å². The van der Waals surface area contributed by atoms with Gasteiger partial charge in [0.2, 0.25) is 0 Å². The molecule has 0 unspecified atom stereocenters. The molecule has 2 fully saturated rings. The lowest BCUT2D eigenvalue weighted by Gasteiger charge is -2.37. The Labute approximate surface area is 209 Å². The second-order valence-corrected chi connectivity index (χ2v) is 11.1. The summed E-state index contributed by atoms with van der Waals surface area (Å²) in [6.45, 7) is 0. The summed E-state index contributed by atoms with van der Waals surface area (Å²) in [5, 5.41) is 0. The number of ether oxygens (including phenoxy) is 2. The van der Waals surface area contributed by atoms with Crippen molar-refractivity contribution in [1.29, 1.82) is 0 Å². The smallest absolute Gasteiger partial charge is 0.193 e. The average molecular weight is 471 g/mol. The van der Waals surface area contributed by atoms with Gasteiger partial charge < -0.3 is 9.47 Å². The van der Waals surface area contributed by atoms with Crippen molar-refractivity contribution in [2.45, 2.75) is 107 Å². The molecule has 6 rings (SSSR count). The van der Waals surface area contributed by atoms with E-state index in [4.69, 9.17) is 19.5 Å². The van der Waals surface area contributed by atoms with Crippen LogP contribution in [0.25, 0.3) is 0 Å². The van der Waals surface area contributed by atoms with Crippen LogP contribution in [-0.2, 0) is 22.3 Å². The van der Waals surface area contributed by atoms with E-state index in [9.17, 15) is 0 Å². The van der Waals surface area contributed by atoms with Crippen molar-refractivity contribution in [1.82, 2.24) is 0 Å². The summed E-state index contributed by atoms with van der Waals surface area (Å²) in [6, 6.07) is 21.9. The lowest BCUT2D eigenvalue weighted by Crippen LogP contribution is -2.44. The molecule has 0 N–H and O–H groups in total. The van der Waals surface area contributed by atoms with Gasteiger partial charge in [-0.25, -0.2) is 9.98 Å². The molecule has 2 saturated carbocycles. The Balaban J connectivity index is 1.22. The molecule has 2 atom stereocenters. The number of rotatable bonds is 6. The van der Waals surface area contributed by atoms with Crippen LogP contribution in [0, 0.1) is 0 Å². The molecule has 2 aromatic carbocycles. The molecule has 4 aliphatic rings. The summed E-state index contributed by atoms with van der Waals surface area (Å²) >= 11 is 0. The van der Waals surface area contributed by atoms with Crippen LogP contribution in [0.2, 0.25) is 0 Å². The molecule has 35 heavy (non-hydrogen) atoms. The van der Waals surface area contributed by atoms with Crippen molar-refractivity contribution in [3.63, 3.8) is 0 Å². The standard InChI is InChI=1S/C31H38N2O2/c1-5-13-24(14-6-1)21-26-30(17-9-3-10-18-30)34-28(32-26)23-29-33-27(22-25-15-7-2-8-16-25)31(35-29)19-11-4-12-20-31/h1-2,5-8,13-16,26-27H,3-4,9-12,17-23H2/t26-,27-/m0/s1. The lowest BCUT2D eigenvalue weighted by atomic mass is 9.78. The Hall–Kier alpha value is -2.62. The molecule has 0 amide bonds. The molecule has 0 aromatic heterocycles. The Bertz CT molecular complexity index is 964. The van der Waals surface area contributed by atoms with Gasteiger partial charge in [-0.3, -0.25) is 0 Å². The third-order valence-electron chi connectivity index (χ3n) is 8.70. The van der Waals surface area contributed by atoms with E-state index in [0.717, 1.165) is 50.3 Å². The Kier molecular flexibility index (Phi) is 6.39. The van der Waals surface area contributed by atoms with E-state index in [-0.39, 0.29) is 23.3 Å². The Morgan fingerprint density at radius 3 is 1.37 bits per heavy atom. The zero-order chi connectivity index (χ0) is 23.6. The van der Waals surface area contributed by atoms with E-state index >= 15 is 0 Å². The van der Waals surface area contributed by atoms with Crippen molar-refractivity contribution in [3.8, 4) is 0 Å². The fraction of sp³-hybridized carbons (Fsp3) is 0.548. The number of nitrogens with zero attached hydrogens (tertiary/aromatic N) is 2. The lowest BCUT2D eigenvalue weighted by molar-refractivity contribution is 0.0111. The first-order valence-electron chi connectivity index (χ1n) is 13.8. The minimum atomic E-state index is -0.144. The number of benzene rings is 2. The zero-order valence-corrected chi connectivity index (χ0v) is 20.8. The highest BCUT2D eigenvalue weighted by molar-refractivity contribution is 5.99. The van der Waals surface area contributed by atoms with E-state index in [1.165, 1.54) is 49.7 Å². The van der Waals surface area contributed by atoms with Crippen LogP contribution < -0.4 is 0 Å². The highest BCUT2D eigenvalue weighted by Gasteiger charge is 2.50. The fourth-order valence-corrected chi connectivity index (χ4v) is 6.84. The van der Waals surface area contributed by atoms with Crippen molar-refractivity contribution in [2.24, 2.45) is 9.98 Å². The maximum absolute atomic E-state index is 6.76. The topological polar surface area (TPSA) is 43.2 Å². The van der Waals surface area contributed by atoms with Crippen LogP contribution in [0.5, 0.6) is 0 Å². The molecule has 0 saturated heterocycles. The van der Waals surface area contributed by atoms with Gasteiger partial charge in [-0.05, 0) is 75.3 Å². The van der Waals surface area contributed by atoms with Gasteiger partial charge in [0.05, 0.1) is 18.5 Å². The molecule has 2 aliphatic heterocycles. The first-order chi connectivity index (χ1) is 17.2. The summed E-state index contributed by atoms with van der Waals surface area (Å²) < 4.78 is 13.5. The first-order valence-corrected chi connectivity index (χ1v) is 13.8. The van der Waals surface area contributed by atoms with Crippen LogP contribution in [0.4, 0.5) is 0 Å². The molecular weight excluding hydrogens is 432 g/mol. The van der Waals surface area contributed by atoms with E-state index < -0.39 is 0 Å². The van der Waals surface area contributed by atoms with Crippen LogP contribution in [0.15, 0.2) is 70.6 Å². The van der Waals surface area contributed by atoms with Gasteiger partial charge in [0.1, 0.15) is 11.2 Å². The molecule has 2 aliphatic carbocycles. The van der Waals surface area contributed by atoms with E-state index in [2.05, 4.69) is 60.7 Å². The summed E-state index contributed by atoms with van der Waals surface area (Å²) in [5.41, 5.74) is 2.40. The largest absolute Gasteiger partial charge is 0.472 e. The van der Waals surface area contributed by atoms with Crippen molar-refractivity contribution in [3.05, 3.63) is 71.8 Å². The summed E-state index contributed by atoms with van der Waals surface area (Å²) in [4.78, 5) is 10.4. The molecule has 0 radical (unpaired) electrons. The normalized spacial score (nSPS) is 26.7. The van der Waals surface area contributed by atoms with E-state index in [1.807, 2.05) is 0 Å². The molecule has 4 nitrogen and oxygen atoms in total. The van der Waals surface area contributed by atoms with Crippen molar-refractivity contribution < 1.29 is 9.47 Å². The fourth-order valence-electron chi connectivity index (χ4n) is 6.84. The predicted octanol–water partition coefficient (Wildman–Crippen LogP) is 6.86. The van der Waals surface area contributed by atoms with Gasteiger partial charge in [0.15, 0.2) is 11.8 Å². The van der Waals surface area contributed by atoms with E-state index in [1.54, 1.807) is 0 Å². The summed E-state index contributed by atoms with van der Waals surface area (Å²) in [7, 11) is 0. The third-order valence-corrected chi connectivity index (χ3v) is 8.70. The van der Waals surface area contributed by atoms with Crippen molar-refractivity contribution in [2.75, 3.05) is 0 Å². The van der Waals surface area contributed by atoms with Crippen LogP contribution in [-0.4, -0.2) is 35.1 Å². The van der Waals surface area contributed by atoms with Gasteiger partial charge in [-0.1, -0.05) is 73.5 Å². The highest BCUT2D eigenvalue weighted by atomic mass is 16.5. The number of aliphatic imine (C=N–C) groups is 2. The molecule has 2 spiro atoms. The van der Waals surface area contributed by atoms with Gasteiger partial charge in [-0.2, -0.15) is 0 Å². The molecular formula is C31H38N2O2. The molecule has 0 bridgehead atoms. The van der Waals surface area contributed by atoms with Gasteiger partial charge >= 0.3 is 0 Å². The minimum Gasteiger partial charge on any atom is -0.472 e. The molecule has 2 heterocycles. The average Bonchev–Trinajstić information content (AvgIpc) is 3.37. The molecule has 184 valence electrons. The summed E-state index contributed by atoms with van der Waals surface area (Å²) in [6.07, 6.45) is 14.4. The summed E-state index contributed by atoms with van der Waals surface area (Å²) in [5.74, 6) is 1.69. The zero-order valence-electron chi connectivity index (χ0n) is 20.8. The second-order valence-electron chi connectivity index (χ2n) is 11.1. The Morgan fingerprint density at radius 1 is 0.571 bits per heavy atom. The Morgan fingerprint density at radius 2 is 0.971 bits per heavy atom. The van der Waals surface area contributed by atoms with Gasteiger partial charge in [0, 0.05) is 0 Å². The van der Waals surface area contributed by atoms with Crippen LogP contribution in [0.3, 0.4) is 0 Å². The third kappa shape index (κ3) is 4.77. The quantitative estimate of drug-likeness (QED) is 0.463. The number of hydrogen-bond donors (Lipinski definition) is 0.